The molecule has 0 atom stereocenters. The van der Waals surface area contributed by atoms with Crippen LogP contribution in [-0.4, -0.2) is 17.6 Å². The van der Waals surface area contributed by atoms with E-state index in [0.717, 1.165) is 6.54 Å². The lowest BCUT2D eigenvalue weighted by atomic mass is 9.78. The predicted molar refractivity (Wildman–Crippen MR) is 87.3 cm³/mol. The van der Waals surface area contributed by atoms with Crippen LogP contribution in [-0.2, 0) is 0 Å². The van der Waals surface area contributed by atoms with Crippen molar-refractivity contribution in [3.63, 3.8) is 0 Å². The van der Waals surface area contributed by atoms with E-state index in [2.05, 4.69) is 19.2 Å². The van der Waals surface area contributed by atoms with Gasteiger partial charge in [-0.2, -0.15) is 0 Å². The molecule has 0 aliphatic heterocycles. The fourth-order valence-corrected chi connectivity index (χ4v) is 3.75. The fourth-order valence-electron chi connectivity index (χ4n) is 3.58. The van der Waals surface area contributed by atoms with Crippen LogP contribution in [0.25, 0.3) is 0 Å². The minimum Gasteiger partial charge on any atom is -0.478 e. The van der Waals surface area contributed by atoms with Gasteiger partial charge in [-0.3, -0.25) is 0 Å². The van der Waals surface area contributed by atoms with Crippen molar-refractivity contribution in [1.82, 2.24) is 0 Å². The van der Waals surface area contributed by atoms with Crippen LogP contribution in [0, 0.1) is 11.3 Å². The summed E-state index contributed by atoms with van der Waals surface area (Å²) in [5.41, 5.74) is 1.22. The number of rotatable bonds is 6. The third kappa shape index (κ3) is 4.13. The minimum atomic E-state index is -0.918. The highest BCUT2D eigenvalue weighted by Gasteiger charge is 2.34. The molecule has 1 saturated carbocycles. The summed E-state index contributed by atoms with van der Waals surface area (Å²) in [5, 5.41) is 13.2. The molecule has 0 heterocycles. The van der Waals surface area contributed by atoms with Crippen LogP contribution in [0.4, 0.5) is 5.69 Å². The molecule has 0 amide bonds. The van der Waals surface area contributed by atoms with Gasteiger partial charge in [0, 0.05) is 11.6 Å². The van der Waals surface area contributed by atoms with Gasteiger partial charge in [0.05, 0.1) is 11.3 Å². The summed E-state index contributed by atoms with van der Waals surface area (Å²) >= 11 is 6.00. The second-order valence-electron chi connectivity index (χ2n) is 6.65. The normalized spacial score (nSPS) is 17.1. The molecule has 3 nitrogen and oxygen atoms in total. The van der Waals surface area contributed by atoms with Crippen LogP contribution in [0.5, 0.6) is 0 Å². The molecular weight excluding hydrogens is 286 g/mol. The Hall–Kier alpha value is -1.22. The standard InChI is InChI=1S/C17H24ClNO2/c1-12(2)10-17(7-3-4-8-17)11-19-15-9-13(18)5-6-14(15)16(20)21/h5-6,9,12,19H,3-4,7-8,10-11H2,1-2H3,(H,20,21). The largest absolute Gasteiger partial charge is 0.478 e. The van der Waals surface area contributed by atoms with Crippen molar-refractivity contribution in [3.05, 3.63) is 28.8 Å². The van der Waals surface area contributed by atoms with E-state index >= 15 is 0 Å². The lowest BCUT2D eigenvalue weighted by molar-refractivity contribution is 0.0698. The molecule has 1 aromatic rings. The molecular formula is C17H24ClNO2. The molecule has 0 saturated heterocycles. The molecule has 21 heavy (non-hydrogen) atoms. The Morgan fingerprint density at radius 2 is 2.05 bits per heavy atom. The second kappa shape index (κ2) is 6.69. The number of aromatic carboxylic acids is 1. The third-order valence-electron chi connectivity index (χ3n) is 4.37. The molecule has 0 radical (unpaired) electrons. The maximum absolute atomic E-state index is 11.3. The molecule has 1 aromatic carbocycles. The molecule has 2 rings (SSSR count). The number of hydrogen-bond acceptors (Lipinski definition) is 2. The van der Waals surface area contributed by atoms with Gasteiger partial charge in [-0.25, -0.2) is 4.79 Å². The quantitative estimate of drug-likeness (QED) is 0.772. The van der Waals surface area contributed by atoms with E-state index in [0.29, 0.717) is 22.0 Å². The second-order valence-corrected chi connectivity index (χ2v) is 7.09. The Bertz CT molecular complexity index is 508. The molecule has 0 unspecified atom stereocenters. The van der Waals surface area contributed by atoms with Crippen molar-refractivity contribution in [2.24, 2.45) is 11.3 Å². The average Bonchev–Trinajstić information content (AvgIpc) is 2.84. The Morgan fingerprint density at radius 1 is 1.38 bits per heavy atom. The first-order valence-electron chi connectivity index (χ1n) is 7.69. The summed E-state index contributed by atoms with van der Waals surface area (Å²) in [6, 6.07) is 4.90. The third-order valence-corrected chi connectivity index (χ3v) is 4.61. The monoisotopic (exact) mass is 309 g/mol. The van der Waals surface area contributed by atoms with Crippen molar-refractivity contribution in [1.29, 1.82) is 0 Å². The number of carboxylic acid groups (broad SMARTS) is 1. The van der Waals surface area contributed by atoms with Gasteiger partial charge in [0.15, 0.2) is 0 Å². The first kappa shape index (κ1) is 16.2. The molecule has 4 heteroatoms. The van der Waals surface area contributed by atoms with Crippen molar-refractivity contribution < 1.29 is 9.90 Å². The SMILES string of the molecule is CC(C)CC1(CNc2cc(Cl)ccc2C(=O)O)CCCC1. The van der Waals surface area contributed by atoms with E-state index < -0.39 is 5.97 Å². The van der Waals surface area contributed by atoms with Crippen molar-refractivity contribution >= 4 is 23.3 Å². The van der Waals surface area contributed by atoms with Crippen molar-refractivity contribution in [2.45, 2.75) is 46.0 Å². The van der Waals surface area contributed by atoms with E-state index in [1.54, 1.807) is 18.2 Å². The van der Waals surface area contributed by atoms with Gasteiger partial charge in [-0.05, 0) is 48.8 Å². The molecule has 0 spiro atoms. The number of benzene rings is 1. The summed E-state index contributed by atoms with van der Waals surface area (Å²) in [6.07, 6.45) is 6.18. The van der Waals surface area contributed by atoms with Gasteiger partial charge in [0.1, 0.15) is 0 Å². The highest BCUT2D eigenvalue weighted by atomic mass is 35.5. The van der Waals surface area contributed by atoms with Crippen LogP contribution >= 0.6 is 11.6 Å². The summed E-state index contributed by atoms with van der Waals surface area (Å²) < 4.78 is 0. The Kier molecular flexibility index (Phi) is 5.15. The van der Waals surface area contributed by atoms with E-state index in [1.807, 2.05) is 0 Å². The lowest BCUT2D eigenvalue weighted by Gasteiger charge is -2.32. The van der Waals surface area contributed by atoms with Crippen LogP contribution < -0.4 is 5.32 Å². The van der Waals surface area contributed by atoms with Crippen LogP contribution in [0.2, 0.25) is 5.02 Å². The molecule has 1 aliphatic carbocycles. The zero-order chi connectivity index (χ0) is 15.5. The van der Waals surface area contributed by atoms with E-state index in [9.17, 15) is 9.90 Å². The Balaban J connectivity index is 2.14. The minimum absolute atomic E-state index is 0.289. The highest BCUT2D eigenvalue weighted by Crippen LogP contribution is 2.43. The van der Waals surface area contributed by atoms with Crippen LogP contribution in [0.3, 0.4) is 0 Å². The fraction of sp³-hybridized carbons (Fsp3) is 0.588. The number of nitrogens with one attached hydrogen (secondary N) is 1. The van der Waals surface area contributed by atoms with Crippen molar-refractivity contribution in [3.8, 4) is 0 Å². The van der Waals surface area contributed by atoms with Crippen molar-refractivity contribution in [2.75, 3.05) is 11.9 Å². The Labute approximate surface area is 131 Å². The van der Waals surface area contributed by atoms with Gasteiger partial charge in [0.2, 0.25) is 0 Å². The highest BCUT2D eigenvalue weighted by molar-refractivity contribution is 6.31. The number of carboxylic acids is 1. The smallest absolute Gasteiger partial charge is 0.337 e. The van der Waals surface area contributed by atoms with Crippen LogP contribution in [0.1, 0.15) is 56.3 Å². The predicted octanol–water partition coefficient (Wildman–Crippen LogP) is 5.06. The van der Waals surface area contributed by atoms with Gasteiger partial charge in [-0.1, -0.05) is 38.3 Å². The topological polar surface area (TPSA) is 49.3 Å². The number of halogens is 1. The van der Waals surface area contributed by atoms with Gasteiger partial charge >= 0.3 is 5.97 Å². The number of anilines is 1. The first-order chi connectivity index (χ1) is 9.92. The lowest BCUT2D eigenvalue weighted by Crippen LogP contribution is -2.29. The van der Waals surface area contributed by atoms with E-state index in [-0.39, 0.29) is 5.56 Å². The molecule has 116 valence electrons. The number of carbonyl (C=O) groups is 1. The average molecular weight is 310 g/mol. The molecule has 0 bridgehead atoms. The van der Waals surface area contributed by atoms with Gasteiger partial charge < -0.3 is 10.4 Å². The molecule has 1 aliphatic rings. The summed E-state index contributed by atoms with van der Waals surface area (Å²) in [4.78, 5) is 11.3. The van der Waals surface area contributed by atoms with E-state index in [4.69, 9.17) is 11.6 Å². The summed E-state index contributed by atoms with van der Waals surface area (Å²) in [7, 11) is 0. The molecule has 2 N–H and O–H groups in total. The van der Waals surface area contributed by atoms with Gasteiger partial charge in [0.25, 0.3) is 0 Å². The maximum Gasteiger partial charge on any atom is 0.337 e. The summed E-state index contributed by atoms with van der Waals surface area (Å²) in [6.45, 7) is 5.33. The number of hydrogen-bond donors (Lipinski definition) is 2. The molecule has 1 fully saturated rings. The van der Waals surface area contributed by atoms with E-state index in [1.165, 1.54) is 32.1 Å². The van der Waals surface area contributed by atoms with Gasteiger partial charge in [-0.15, -0.1) is 0 Å². The molecule has 0 aromatic heterocycles. The first-order valence-corrected chi connectivity index (χ1v) is 8.06. The zero-order valence-corrected chi connectivity index (χ0v) is 13.5. The van der Waals surface area contributed by atoms with Crippen LogP contribution in [0.15, 0.2) is 18.2 Å². The summed E-state index contributed by atoms with van der Waals surface area (Å²) in [5.74, 6) is -0.262. The Morgan fingerprint density at radius 3 is 2.62 bits per heavy atom. The zero-order valence-electron chi connectivity index (χ0n) is 12.8. The maximum atomic E-state index is 11.3.